The Kier molecular flexibility index (Phi) is 3.26. The first-order valence-corrected chi connectivity index (χ1v) is 5.52. The van der Waals surface area contributed by atoms with E-state index in [0.717, 1.165) is 12.8 Å². The van der Waals surface area contributed by atoms with Crippen molar-refractivity contribution in [3.8, 4) is 0 Å². The predicted octanol–water partition coefficient (Wildman–Crippen LogP) is 1.30. The number of carbonyl (C=O) groups excluding carboxylic acids is 1. The Labute approximate surface area is 98.3 Å². The van der Waals surface area contributed by atoms with Gasteiger partial charge in [-0.3, -0.25) is 4.79 Å². The van der Waals surface area contributed by atoms with Gasteiger partial charge >= 0.3 is 0 Å². The number of nitrogens with zero attached hydrogens (tertiary/aromatic N) is 1. The van der Waals surface area contributed by atoms with E-state index in [1.165, 1.54) is 12.5 Å². The van der Waals surface area contributed by atoms with Gasteiger partial charge in [0.15, 0.2) is 0 Å². The van der Waals surface area contributed by atoms with Gasteiger partial charge in [0.1, 0.15) is 11.0 Å². The van der Waals surface area contributed by atoms with Crippen LogP contribution in [-0.2, 0) is 0 Å². The first kappa shape index (κ1) is 11.2. The van der Waals surface area contributed by atoms with Gasteiger partial charge in [0, 0.05) is 11.6 Å². The lowest BCUT2D eigenvalue weighted by Crippen LogP contribution is -2.39. The third-order valence-electron chi connectivity index (χ3n) is 2.64. The molecule has 2 rings (SSSR count). The highest BCUT2D eigenvalue weighted by Gasteiger charge is 2.20. The van der Waals surface area contributed by atoms with Crippen LogP contribution in [0.2, 0.25) is 5.15 Å². The molecule has 0 bridgehead atoms. The van der Waals surface area contributed by atoms with Crippen LogP contribution in [-0.4, -0.2) is 16.9 Å². The van der Waals surface area contributed by atoms with Crippen molar-refractivity contribution in [2.45, 2.75) is 25.3 Å². The summed E-state index contributed by atoms with van der Waals surface area (Å²) in [5.41, 5.74) is 2.84. The molecule has 1 aromatic heterocycles. The van der Waals surface area contributed by atoms with Crippen LogP contribution in [0.5, 0.6) is 0 Å². The second-order valence-corrected chi connectivity index (χ2v) is 4.20. The maximum Gasteiger partial charge on any atom is 0.251 e. The molecule has 1 aromatic rings. The molecular formula is C10H13ClN4O. The van der Waals surface area contributed by atoms with E-state index < -0.39 is 0 Å². The molecule has 1 aliphatic rings. The number of pyridine rings is 1. The van der Waals surface area contributed by atoms with Gasteiger partial charge in [-0.1, -0.05) is 11.6 Å². The average molecular weight is 241 g/mol. The fourth-order valence-electron chi connectivity index (χ4n) is 1.52. The third kappa shape index (κ3) is 2.43. The quantitative estimate of drug-likeness (QED) is 0.423. The topological polar surface area (TPSA) is 80.0 Å². The molecule has 6 heteroatoms. The number of halogens is 1. The number of carbonyl (C=O) groups is 1. The second-order valence-electron chi connectivity index (χ2n) is 3.81. The summed E-state index contributed by atoms with van der Waals surface area (Å²) in [6.07, 6.45) is 3.27. The molecule has 1 fully saturated rings. The summed E-state index contributed by atoms with van der Waals surface area (Å²) < 4.78 is 0. The van der Waals surface area contributed by atoms with E-state index in [-0.39, 0.29) is 11.1 Å². The largest absolute Gasteiger partial charge is 0.349 e. The number of nitrogens with two attached hydrogens (primary N) is 1. The molecule has 1 heterocycles. The van der Waals surface area contributed by atoms with Crippen LogP contribution in [0.1, 0.15) is 29.6 Å². The summed E-state index contributed by atoms with van der Waals surface area (Å²) in [5, 5.41) is 3.16. The maximum absolute atomic E-state index is 11.8. The number of amides is 1. The molecule has 0 atom stereocenters. The first-order chi connectivity index (χ1) is 7.69. The average Bonchev–Trinajstić information content (AvgIpc) is 2.22. The number of hydrazine groups is 1. The van der Waals surface area contributed by atoms with Crippen LogP contribution in [0, 0.1) is 0 Å². The first-order valence-electron chi connectivity index (χ1n) is 5.14. The van der Waals surface area contributed by atoms with Crippen LogP contribution in [0.25, 0.3) is 0 Å². The Bertz CT molecular complexity index is 406. The smallest absolute Gasteiger partial charge is 0.251 e. The zero-order valence-electron chi connectivity index (χ0n) is 8.66. The molecule has 0 saturated heterocycles. The van der Waals surface area contributed by atoms with Crippen molar-refractivity contribution in [3.05, 3.63) is 22.8 Å². The number of anilines is 1. The van der Waals surface area contributed by atoms with Gasteiger partial charge < -0.3 is 10.7 Å². The molecule has 1 saturated carbocycles. The summed E-state index contributed by atoms with van der Waals surface area (Å²) >= 11 is 5.77. The van der Waals surface area contributed by atoms with Gasteiger partial charge in [0.2, 0.25) is 0 Å². The Morgan fingerprint density at radius 3 is 2.81 bits per heavy atom. The Morgan fingerprint density at radius 2 is 2.25 bits per heavy atom. The van der Waals surface area contributed by atoms with Crippen LogP contribution in [0.3, 0.4) is 0 Å². The lowest BCUT2D eigenvalue weighted by molar-refractivity contribution is 0.0917. The molecule has 4 N–H and O–H groups in total. The van der Waals surface area contributed by atoms with Crippen molar-refractivity contribution in [1.82, 2.24) is 10.3 Å². The van der Waals surface area contributed by atoms with Crippen molar-refractivity contribution >= 4 is 23.3 Å². The number of rotatable bonds is 3. The van der Waals surface area contributed by atoms with Crippen LogP contribution < -0.4 is 16.6 Å². The molecule has 0 spiro atoms. The van der Waals surface area contributed by atoms with Crippen LogP contribution >= 0.6 is 11.6 Å². The standard InChI is InChI=1S/C10H13ClN4O/c11-8-4-6(5-9(14-8)15-12)10(16)13-7-2-1-3-7/h4-5,7H,1-3,12H2,(H,13,16)(H,14,15). The van der Waals surface area contributed by atoms with Gasteiger partial charge in [-0.25, -0.2) is 10.8 Å². The van der Waals surface area contributed by atoms with Crippen molar-refractivity contribution in [1.29, 1.82) is 0 Å². The lowest BCUT2D eigenvalue weighted by Gasteiger charge is -2.26. The zero-order chi connectivity index (χ0) is 11.5. The van der Waals surface area contributed by atoms with Crippen LogP contribution in [0.4, 0.5) is 5.82 Å². The van der Waals surface area contributed by atoms with E-state index in [1.807, 2.05) is 0 Å². The van der Waals surface area contributed by atoms with Crippen molar-refractivity contribution in [3.63, 3.8) is 0 Å². The zero-order valence-corrected chi connectivity index (χ0v) is 9.42. The van der Waals surface area contributed by atoms with Crippen molar-refractivity contribution < 1.29 is 4.79 Å². The fraction of sp³-hybridized carbons (Fsp3) is 0.400. The molecule has 5 nitrogen and oxygen atoms in total. The second kappa shape index (κ2) is 4.67. The van der Waals surface area contributed by atoms with E-state index in [1.54, 1.807) is 6.07 Å². The van der Waals surface area contributed by atoms with Gasteiger partial charge in [0.25, 0.3) is 5.91 Å². The Morgan fingerprint density at radius 1 is 1.50 bits per heavy atom. The summed E-state index contributed by atoms with van der Waals surface area (Å²) in [6.45, 7) is 0. The van der Waals surface area contributed by atoms with E-state index in [4.69, 9.17) is 17.4 Å². The lowest BCUT2D eigenvalue weighted by atomic mass is 9.93. The highest BCUT2D eigenvalue weighted by Crippen LogP contribution is 2.19. The minimum Gasteiger partial charge on any atom is -0.349 e. The molecule has 0 unspecified atom stereocenters. The Hall–Kier alpha value is -1.33. The fourth-order valence-corrected chi connectivity index (χ4v) is 1.73. The number of nitrogen functional groups attached to an aromatic ring is 1. The van der Waals surface area contributed by atoms with Gasteiger partial charge in [0.05, 0.1) is 0 Å². The molecule has 1 amide bonds. The number of nitrogens with one attached hydrogen (secondary N) is 2. The summed E-state index contributed by atoms with van der Waals surface area (Å²) in [5.74, 6) is 5.47. The molecular weight excluding hydrogens is 228 g/mol. The minimum absolute atomic E-state index is 0.134. The normalized spacial score (nSPS) is 15.4. The highest BCUT2D eigenvalue weighted by atomic mass is 35.5. The van der Waals surface area contributed by atoms with E-state index in [0.29, 0.717) is 17.4 Å². The van der Waals surface area contributed by atoms with Gasteiger partial charge in [-0.15, -0.1) is 0 Å². The highest BCUT2D eigenvalue weighted by molar-refractivity contribution is 6.29. The van der Waals surface area contributed by atoms with Gasteiger partial charge in [-0.2, -0.15) is 0 Å². The monoisotopic (exact) mass is 240 g/mol. The number of hydrogen-bond donors (Lipinski definition) is 3. The number of hydrogen-bond acceptors (Lipinski definition) is 4. The summed E-state index contributed by atoms with van der Waals surface area (Å²) in [6, 6.07) is 3.39. The summed E-state index contributed by atoms with van der Waals surface area (Å²) in [7, 11) is 0. The third-order valence-corrected chi connectivity index (χ3v) is 2.84. The molecule has 0 aromatic carbocycles. The van der Waals surface area contributed by atoms with E-state index in [9.17, 15) is 4.79 Å². The molecule has 0 radical (unpaired) electrons. The van der Waals surface area contributed by atoms with Crippen LogP contribution in [0.15, 0.2) is 12.1 Å². The van der Waals surface area contributed by atoms with E-state index >= 15 is 0 Å². The summed E-state index contributed by atoms with van der Waals surface area (Å²) in [4.78, 5) is 15.7. The SMILES string of the molecule is NNc1cc(C(=O)NC2CCC2)cc(Cl)n1. The predicted molar refractivity (Wildman–Crippen MR) is 62.2 cm³/mol. The maximum atomic E-state index is 11.8. The molecule has 86 valence electrons. The van der Waals surface area contributed by atoms with Crippen molar-refractivity contribution in [2.24, 2.45) is 5.84 Å². The molecule has 1 aliphatic carbocycles. The van der Waals surface area contributed by atoms with E-state index in [2.05, 4.69) is 15.7 Å². The molecule has 0 aliphatic heterocycles. The Balaban J connectivity index is 2.11. The minimum atomic E-state index is -0.134. The molecule has 16 heavy (non-hydrogen) atoms. The number of aromatic nitrogens is 1. The van der Waals surface area contributed by atoms with Gasteiger partial charge in [-0.05, 0) is 31.4 Å². The van der Waals surface area contributed by atoms with Crippen molar-refractivity contribution in [2.75, 3.05) is 5.43 Å².